The molecule has 35 heavy (non-hydrogen) atoms. The van der Waals surface area contributed by atoms with E-state index in [9.17, 15) is 31.6 Å². The number of nitrogens with zero attached hydrogens (tertiary/aromatic N) is 1. The van der Waals surface area contributed by atoms with Crippen LogP contribution in [0.25, 0.3) is 11.1 Å². The van der Waals surface area contributed by atoms with Crippen molar-refractivity contribution >= 4 is 16.2 Å². The molecular weight excluding hydrogens is 487 g/mol. The summed E-state index contributed by atoms with van der Waals surface area (Å²) >= 11 is 0. The fourth-order valence-corrected chi connectivity index (χ4v) is 4.83. The molecule has 0 aliphatic heterocycles. The first-order valence-electron chi connectivity index (χ1n) is 10.2. The molecule has 3 rings (SSSR count). The van der Waals surface area contributed by atoms with E-state index in [0.717, 1.165) is 12.1 Å². The summed E-state index contributed by atoms with van der Waals surface area (Å²) in [6.07, 6.45) is -4.34. The van der Waals surface area contributed by atoms with Crippen molar-refractivity contribution in [2.45, 2.75) is 17.1 Å². The SMILES string of the molecule is COCOc1ccc(C(CS(=O)(=O)c2ccc(-c3ccc(C(F)(F)F)cc3)cc2)N(O)C=O)cc1. The first-order valence-corrected chi connectivity index (χ1v) is 11.8. The number of alkyl halides is 3. The van der Waals surface area contributed by atoms with Gasteiger partial charge in [-0.15, -0.1) is 0 Å². The van der Waals surface area contributed by atoms with Crippen LogP contribution in [0, 0.1) is 0 Å². The molecule has 0 heterocycles. The molecule has 0 aliphatic carbocycles. The van der Waals surface area contributed by atoms with E-state index >= 15 is 0 Å². The lowest BCUT2D eigenvalue weighted by Gasteiger charge is -2.23. The third-order valence-electron chi connectivity index (χ3n) is 5.17. The molecular formula is C24H22F3NO6S. The van der Waals surface area contributed by atoms with Crippen molar-refractivity contribution in [1.82, 2.24) is 5.06 Å². The summed E-state index contributed by atoms with van der Waals surface area (Å²) in [7, 11) is -2.52. The van der Waals surface area contributed by atoms with Crippen LogP contribution in [0.15, 0.2) is 77.7 Å². The van der Waals surface area contributed by atoms with E-state index in [-0.39, 0.29) is 23.2 Å². The quantitative estimate of drug-likeness (QED) is 0.184. The number of methoxy groups -OCH3 is 1. The number of sulfone groups is 1. The van der Waals surface area contributed by atoms with E-state index in [0.29, 0.717) is 22.4 Å². The van der Waals surface area contributed by atoms with Crippen LogP contribution in [-0.2, 0) is 25.5 Å². The zero-order valence-corrected chi connectivity index (χ0v) is 19.3. The Morgan fingerprint density at radius 3 is 1.97 bits per heavy atom. The average Bonchev–Trinajstić information content (AvgIpc) is 2.85. The zero-order valence-electron chi connectivity index (χ0n) is 18.5. The van der Waals surface area contributed by atoms with Gasteiger partial charge in [0.2, 0.25) is 6.41 Å². The summed E-state index contributed by atoms with van der Waals surface area (Å²) < 4.78 is 74.4. The van der Waals surface area contributed by atoms with E-state index in [1.165, 1.54) is 55.6 Å². The lowest BCUT2D eigenvalue weighted by Crippen LogP contribution is -2.30. The molecule has 0 fully saturated rings. The molecule has 1 atom stereocenters. The first kappa shape index (κ1) is 26.2. The van der Waals surface area contributed by atoms with Crippen LogP contribution < -0.4 is 4.74 Å². The molecule has 1 unspecified atom stereocenters. The number of rotatable bonds is 10. The minimum atomic E-state index is -4.45. The van der Waals surface area contributed by atoms with Gasteiger partial charge in [0, 0.05) is 7.11 Å². The van der Waals surface area contributed by atoms with Crippen molar-refractivity contribution in [2.75, 3.05) is 19.7 Å². The number of carbonyl (C=O) groups excluding carboxylic acids is 1. The topological polar surface area (TPSA) is 93.1 Å². The number of halogens is 3. The van der Waals surface area contributed by atoms with Crippen molar-refractivity contribution in [1.29, 1.82) is 0 Å². The monoisotopic (exact) mass is 509 g/mol. The molecule has 7 nitrogen and oxygen atoms in total. The smallest absolute Gasteiger partial charge is 0.416 e. The minimum Gasteiger partial charge on any atom is -0.468 e. The predicted octanol–water partition coefficient (Wildman–Crippen LogP) is 4.72. The van der Waals surface area contributed by atoms with Crippen molar-refractivity contribution in [3.05, 3.63) is 83.9 Å². The predicted molar refractivity (Wildman–Crippen MR) is 120 cm³/mol. The van der Waals surface area contributed by atoms with Gasteiger partial charge in [0.1, 0.15) is 5.75 Å². The fraction of sp³-hybridized carbons (Fsp3) is 0.208. The van der Waals surface area contributed by atoms with E-state index < -0.39 is 33.4 Å². The molecule has 1 amide bonds. The highest BCUT2D eigenvalue weighted by Gasteiger charge is 2.30. The van der Waals surface area contributed by atoms with Crippen LogP contribution in [0.1, 0.15) is 17.2 Å². The third kappa shape index (κ3) is 6.59. The molecule has 0 spiro atoms. The average molecular weight is 510 g/mol. The van der Waals surface area contributed by atoms with E-state index in [1.54, 1.807) is 12.1 Å². The highest BCUT2D eigenvalue weighted by atomic mass is 32.2. The second-order valence-corrected chi connectivity index (χ2v) is 9.54. The lowest BCUT2D eigenvalue weighted by molar-refractivity contribution is -0.158. The number of hydrogen-bond acceptors (Lipinski definition) is 6. The summed E-state index contributed by atoms with van der Waals surface area (Å²) in [4.78, 5) is 11.1. The van der Waals surface area contributed by atoms with Gasteiger partial charge in [-0.3, -0.25) is 10.0 Å². The maximum Gasteiger partial charge on any atom is 0.416 e. The van der Waals surface area contributed by atoms with Crippen molar-refractivity contribution < 1.29 is 41.1 Å². The molecule has 0 saturated carbocycles. The van der Waals surface area contributed by atoms with Gasteiger partial charge in [-0.2, -0.15) is 13.2 Å². The number of ether oxygens (including phenoxy) is 2. The molecule has 1 N–H and O–H groups in total. The van der Waals surface area contributed by atoms with Gasteiger partial charge in [-0.1, -0.05) is 36.4 Å². The van der Waals surface area contributed by atoms with Gasteiger partial charge < -0.3 is 9.47 Å². The summed E-state index contributed by atoms with van der Waals surface area (Å²) in [6, 6.07) is 15.0. The molecule has 0 radical (unpaired) electrons. The van der Waals surface area contributed by atoms with Crippen molar-refractivity contribution in [3.8, 4) is 16.9 Å². The van der Waals surface area contributed by atoms with Gasteiger partial charge in [0.25, 0.3) is 0 Å². The van der Waals surface area contributed by atoms with Gasteiger partial charge >= 0.3 is 6.18 Å². The van der Waals surface area contributed by atoms with Gasteiger partial charge in [0.15, 0.2) is 16.6 Å². The first-order chi connectivity index (χ1) is 16.5. The number of hydroxylamine groups is 2. The Balaban J connectivity index is 1.81. The highest BCUT2D eigenvalue weighted by Crippen LogP contribution is 2.32. The van der Waals surface area contributed by atoms with Crippen molar-refractivity contribution in [3.63, 3.8) is 0 Å². The molecule has 0 aliphatic rings. The van der Waals surface area contributed by atoms with Gasteiger partial charge in [-0.05, 0) is 53.1 Å². The van der Waals surface area contributed by atoms with Crippen LogP contribution in [0.4, 0.5) is 13.2 Å². The largest absolute Gasteiger partial charge is 0.468 e. The van der Waals surface area contributed by atoms with E-state index in [2.05, 4.69) is 0 Å². The molecule has 11 heteroatoms. The number of amides is 1. The van der Waals surface area contributed by atoms with Crippen LogP contribution in [0.3, 0.4) is 0 Å². The third-order valence-corrected chi connectivity index (χ3v) is 6.92. The molecule has 0 saturated heterocycles. The maximum atomic E-state index is 13.0. The summed E-state index contributed by atoms with van der Waals surface area (Å²) in [5.41, 5.74) is 0.582. The minimum absolute atomic E-state index is 0.0140. The molecule has 3 aromatic rings. The van der Waals surface area contributed by atoms with Crippen LogP contribution >= 0.6 is 0 Å². The zero-order chi connectivity index (χ0) is 25.6. The number of carbonyl (C=O) groups is 1. The molecule has 0 bridgehead atoms. The van der Waals surface area contributed by atoms with Crippen molar-refractivity contribution in [2.24, 2.45) is 0 Å². The highest BCUT2D eigenvalue weighted by molar-refractivity contribution is 7.91. The molecule has 186 valence electrons. The summed E-state index contributed by atoms with van der Waals surface area (Å²) in [5.74, 6) is -0.160. The molecule has 0 aromatic heterocycles. The Morgan fingerprint density at radius 1 is 0.943 bits per heavy atom. The number of hydrogen-bond donors (Lipinski definition) is 1. The van der Waals surface area contributed by atoms with E-state index in [1.807, 2.05) is 0 Å². The number of benzene rings is 3. The van der Waals surface area contributed by atoms with E-state index in [4.69, 9.17) is 9.47 Å². The Labute approximate surface area is 200 Å². The summed E-state index contributed by atoms with van der Waals surface area (Å²) in [5, 5.41) is 10.3. The van der Waals surface area contributed by atoms with Crippen LogP contribution in [0.2, 0.25) is 0 Å². The summed E-state index contributed by atoms with van der Waals surface area (Å²) in [6.45, 7) is 0.0140. The Hall–Kier alpha value is -3.41. The maximum absolute atomic E-state index is 13.0. The van der Waals surface area contributed by atoms with Gasteiger partial charge in [0.05, 0.1) is 22.3 Å². The van der Waals surface area contributed by atoms with Gasteiger partial charge in [-0.25, -0.2) is 13.5 Å². The Morgan fingerprint density at radius 2 is 1.49 bits per heavy atom. The van der Waals surface area contributed by atoms with Crippen LogP contribution in [0.5, 0.6) is 5.75 Å². The molecule has 3 aromatic carbocycles. The van der Waals surface area contributed by atoms with Crippen LogP contribution in [-0.4, -0.2) is 44.8 Å². The second kappa shape index (κ2) is 10.9. The fourth-order valence-electron chi connectivity index (χ4n) is 3.32. The Kier molecular flexibility index (Phi) is 8.15. The lowest BCUT2D eigenvalue weighted by atomic mass is 10.0. The second-order valence-electron chi connectivity index (χ2n) is 7.50. The normalized spacial score (nSPS) is 12.7. The standard InChI is InChI=1S/C24H22F3NO6S/c1-33-16-34-21-10-4-19(5-11-21)23(28(30)15-29)14-35(31,32)22-12-6-18(7-13-22)17-2-8-20(9-3-17)24(25,26)27/h2-13,15,23,30H,14,16H2,1H3. The Bertz CT molecular complexity index is 1230.